The summed E-state index contributed by atoms with van der Waals surface area (Å²) in [6, 6.07) is 7.96. The number of hydrogen-bond donors (Lipinski definition) is 3. The van der Waals surface area contributed by atoms with Gasteiger partial charge in [-0.05, 0) is 11.0 Å². The fourth-order valence-electron chi connectivity index (χ4n) is 3.11. The predicted molar refractivity (Wildman–Crippen MR) is 87.5 cm³/mol. The zero-order valence-corrected chi connectivity index (χ0v) is 14.1. The highest BCUT2D eigenvalue weighted by atomic mass is 16.5. The van der Waals surface area contributed by atoms with E-state index in [-0.39, 0.29) is 13.2 Å². The van der Waals surface area contributed by atoms with Crippen LogP contribution in [0.25, 0.3) is 0 Å². The highest BCUT2D eigenvalue weighted by Gasteiger charge is 2.49. The number of rotatable bonds is 3. The summed E-state index contributed by atoms with van der Waals surface area (Å²) in [4.78, 5) is 24.6. The summed E-state index contributed by atoms with van der Waals surface area (Å²) in [7, 11) is 0. The van der Waals surface area contributed by atoms with Gasteiger partial charge in [-0.1, -0.05) is 51.1 Å². The topological polar surface area (TPSA) is 99.1 Å². The monoisotopic (exact) mass is 336 g/mol. The van der Waals surface area contributed by atoms with Crippen molar-refractivity contribution in [1.82, 2.24) is 10.2 Å². The number of nitrogens with zero attached hydrogens (tertiary/aromatic N) is 1. The number of carbonyl (C=O) groups is 2. The molecule has 3 atom stereocenters. The molecule has 0 aromatic heterocycles. The summed E-state index contributed by atoms with van der Waals surface area (Å²) in [6.45, 7) is 5.68. The Morgan fingerprint density at radius 2 is 1.92 bits per heavy atom. The molecule has 0 bridgehead atoms. The number of ether oxygens (including phenoxy) is 1. The van der Waals surface area contributed by atoms with Crippen molar-refractivity contribution in [1.29, 1.82) is 0 Å². The van der Waals surface area contributed by atoms with Crippen molar-refractivity contribution in [2.75, 3.05) is 6.54 Å². The van der Waals surface area contributed by atoms with Crippen molar-refractivity contribution in [3.05, 3.63) is 35.9 Å². The first-order chi connectivity index (χ1) is 11.2. The molecule has 1 aromatic carbocycles. The number of carboxylic acid groups (broad SMARTS) is 1. The molecule has 1 fully saturated rings. The lowest BCUT2D eigenvalue weighted by atomic mass is 9.82. The number of aliphatic hydroxyl groups is 1. The lowest BCUT2D eigenvalue weighted by Crippen LogP contribution is -2.54. The predicted octanol–water partition coefficient (Wildman–Crippen LogP) is 2.05. The van der Waals surface area contributed by atoms with Crippen molar-refractivity contribution in [2.45, 2.75) is 45.6 Å². The number of nitrogens with one attached hydrogen (secondary N) is 1. The molecule has 0 spiro atoms. The second-order valence-electron chi connectivity index (χ2n) is 7.04. The summed E-state index contributed by atoms with van der Waals surface area (Å²) >= 11 is 0. The Morgan fingerprint density at radius 3 is 2.46 bits per heavy atom. The van der Waals surface area contributed by atoms with Crippen LogP contribution in [0, 0.1) is 5.41 Å². The number of β-amino-alcohol motifs (C(OH)–C–C–N with tert-alkyl or cyclic N) is 1. The maximum absolute atomic E-state index is 12.1. The molecule has 0 radical (unpaired) electrons. The van der Waals surface area contributed by atoms with Crippen LogP contribution in [0.3, 0.4) is 0 Å². The maximum atomic E-state index is 12.1. The normalized spacial score (nSPS) is 23.8. The van der Waals surface area contributed by atoms with E-state index in [2.05, 4.69) is 5.32 Å². The van der Waals surface area contributed by atoms with Crippen LogP contribution in [-0.4, -0.2) is 52.0 Å². The van der Waals surface area contributed by atoms with Crippen LogP contribution >= 0.6 is 0 Å². The number of alkyl carbamates (subject to hydrolysis) is 1. The molecule has 1 aliphatic rings. The summed E-state index contributed by atoms with van der Waals surface area (Å²) in [6.07, 6.45) is -2.77. The average Bonchev–Trinajstić information content (AvgIpc) is 2.83. The number of aliphatic hydroxyl groups excluding tert-OH is 1. The van der Waals surface area contributed by atoms with E-state index in [0.717, 1.165) is 5.56 Å². The summed E-state index contributed by atoms with van der Waals surface area (Å²) in [5, 5.41) is 22.2. The van der Waals surface area contributed by atoms with Crippen LogP contribution in [0.2, 0.25) is 0 Å². The van der Waals surface area contributed by atoms with Gasteiger partial charge in [-0.2, -0.15) is 0 Å². The van der Waals surface area contributed by atoms with Crippen LogP contribution in [0.4, 0.5) is 9.59 Å². The number of carbonyl (C=O) groups excluding carboxylic acids is 1. The highest BCUT2D eigenvalue weighted by Crippen LogP contribution is 2.33. The number of likely N-dealkylation sites (tertiary alicyclic amines) is 1. The third-order valence-electron chi connectivity index (χ3n) is 4.10. The van der Waals surface area contributed by atoms with Gasteiger partial charge in [-0.15, -0.1) is 0 Å². The Balaban J connectivity index is 2.03. The molecule has 1 aliphatic heterocycles. The van der Waals surface area contributed by atoms with Gasteiger partial charge in [0.15, 0.2) is 0 Å². The largest absolute Gasteiger partial charge is 0.465 e. The molecule has 1 aromatic rings. The molecule has 7 nitrogen and oxygen atoms in total. The molecule has 0 saturated carbocycles. The Hall–Kier alpha value is -2.28. The molecular formula is C17H24N2O5. The number of hydrogen-bond acceptors (Lipinski definition) is 4. The summed E-state index contributed by atoms with van der Waals surface area (Å²) in [5.41, 5.74) is 0.395. The lowest BCUT2D eigenvalue weighted by Gasteiger charge is -2.36. The molecule has 132 valence electrons. The second-order valence-corrected chi connectivity index (χ2v) is 7.04. The van der Waals surface area contributed by atoms with Gasteiger partial charge in [0, 0.05) is 0 Å². The van der Waals surface area contributed by atoms with E-state index in [0.29, 0.717) is 0 Å². The smallest absolute Gasteiger partial charge is 0.407 e. The minimum atomic E-state index is -1.11. The van der Waals surface area contributed by atoms with E-state index in [9.17, 15) is 19.8 Å². The highest BCUT2D eigenvalue weighted by molar-refractivity contribution is 5.70. The van der Waals surface area contributed by atoms with Crippen molar-refractivity contribution in [3.63, 3.8) is 0 Å². The van der Waals surface area contributed by atoms with E-state index in [4.69, 9.17) is 4.74 Å². The van der Waals surface area contributed by atoms with Crippen molar-refractivity contribution in [3.8, 4) is 0 Å². The zero-order valence-electron chi connectivity index (χ0n) is 14.1. The lowest BCUT2D eigenvalue weighted by molar-refractivity contribution is 0.0878. The van der Waals surface area contributed by atoms with Gasteiger partial charge >= 0.3 is 12.2 Å². The second kappa shape index (κ2) is 7.09. The maximum Gasteiger partial charge on any atom is 0.407 e. The fourth-order valence-corrected chi connectivity index (χ4v) is 3.11. The van der Waals surface area contributed by atoms with Crippen molar-refractivity contribution < 1.29 is 24.5 Å². The van der Waals surface area contributed by atoms with E-state index in [1.54, 1.807) is 0 Å². The Labute approximate surface area is 141 Å². The van der Waals surface area contributed by atoms with E-state index in [1.165, 1.54) is 4.90 Å². The summed E-state index contributed by atoms with van der Waals surface area (Å²) < 4.78 is 5.17. The first-order valence-corrected chi connectivity index (χ1v) is 7.85. The SMILES string of the molecule is CC(C)(C)C1[C@@H](NC(=O)OCc2ccccc2)[C@H](O)CN1C(=O)O. The van der Waals surface area contributed by atoms with Crippen LogP contribution in [0.1, 0.15) is 26.3 Å². The van der Waals surface area contributed by atoms with Crippen molar-refractivity contribution >= 4 is 12.2 Å². The quantitative estimate of drug-likeness (QED) is 0.784. The van der Waals surface area contributed by atoms with Crippen LogP contribution in [0.15, 0.2) is 30.3 Å². The minimum absolute atomic E-state index is 0.0408. The van der Waals surface area contributed by atoms with Crippen LogP contribution in [0.5, 0.6) is 0 Å². The van der Waals surface area contributed by atoms with Gasteiger partial charge in [0.1, 0.15) is 6.61 Å². The molecule has 2 amide bonds. The van der Waals surface area contributed by atoms with Gasteiger partial charge in [0.2, 0.25) is 0 Å². The van der Waals surface area contributed by atoms with E-state index >= 15 is 0 Å². The standard InChI is InChI=1S/C17H24N2O5/c1-17(2,3)14-13(12(20)9-19(14)16(22)23)18-15(21)24-10-11-7-5-4-6-8-11/h4-8,12-14,20H,9-10H2,1-3H3,(H,18,21)(H,22,23)/t12-,13+,14?/m1/s1. The van der Waals surface area contributed by atoms with E-state index < -0.39 is 35.8 Å². The minimum Gasteiger partial charge on any atom is -0.465 e. The third kappa shape index (κ3) is 4.17. The number of benzene rings is 1. The molecule has 7 heteroatoms. The molecule has 2 rings (SSSR count). The Bertz CT molecular complexity index is 584. The van der Waals surface area contributed by atoms with Gasteiger partial charge < -0.3 is 25.2 Å². The molecule has 3 N–H and O–H groups in total. The van der Waals surface area contributed by atoms with E-state index in [1.807, 2.05) is 51.1 Å². The molecular weight excluding hydrogens is 312 g/mol. The molecule has 1 saturated heterocycles. The van der Waals surface area contributed by atoms with Crippen molar-refractivity contribution in [2.24, 2.45) is 5.41 Å². The molecule has 1 heterocycles. The number of amides is 2. The summed E-state index contributed by atoms with van der Waals surface area (Å²) in [5.74, 6) is 0. The average molecular weight is 336 g/mol. The Morgan fingerprint density at radius 1 is 1.29 bits per heavy atom. The first kappa shape index (κ1) is 18.1. The van der Waals surface area contributed by atoms with Gasteiger partial charge in [0.05, 0.1) is 24.7 Å². The van der Waals surface area contributed by atoms with Gasteiger partial charge in [-0.3, -0.25) is 0 Å². The fraction of sp³-hybridized carbons (Fsp3) is 0.529. The van der Waals surface area contributed by atoms with Crippen LogP contribution < -0.4 is 5.32 Å². The van der Waals surface area contributed by atoms with Crippen LogP contribution in [-0.2, 0) is 11.3 Å². The molecule has 0 aliphatic carbocycles. The first-order valence-electron chi connectivity index (χ1n) is 7.85. The zero-order chi connectivity index (χ0) is 17.9. The van der Waals surface area contributed by atoms with Gasteiger partial charge in [-0.25, -0.2) is 9.59 Å². The molecule has 24 heavy (non-hydrogen) atoms. The third-order valence-corrected chi connectivity index (χ3v) is 4.10. The van der Waals surface area contributed by atoms with Gasteiger partial charge in [0.25, 0.3) is 0 Å². The molecule has 1 unspecified atom stereocenters. The Kier molecular flexibility index (Phi) is 5.33.